The Bertz CT molecular complexity index is 432. The number of hydrogen-bond donors (Lipinski definition) is 3. The molecule has 0 fully saturated rings. The number of urea groups is 1. The number of benzene rings is 1. The van der Waals surface area contributed by atoms with E-state index in [-0.39, 0.29) is 5.92 Å². The van der Waals surface area contributed by atoms with Crippen LogP contribution in [0.3, 0.4) is 0 Å². The molecule has 0 radical (unpaired) electrons. The Morgan fingerprint density at radius 3 is 2.40 bits per heavy atom. The predicted molar refractivity (Wildman–Crippen MR) is 77.6 cm³/mol. The van der Waals surface area contributed by atoms with Crippen LogP contribution in [0.15, 0.2) is 30.3 Å². The van der Waals surface area contributed by atoms with Crippen LogP contribution in [0.25, 0.3) is 0 Å². The zero-order valence-corrected chi connectivity index (χ0v) is 11.9. The molecular weight excluding hydrogens is 256 g/mol. The molecule has 5 heteroatoms. The van der Waals surface area contributed by atoms with E-state index in [1.54, 1.807) is 13.8 Å². The van der Waals surface area contributed by atoms with Crippen molar-refractivity contribution < 1.29 is 14.7 Å². The number of rotatable bonds is 7. The molecule has 1 atom stereocenters. The lowest BCUT2D eigenvalue weighted by Crippen LogP contribution is -2.48. The van der Waals surface area contributed by atoms with Crippen LogP contribution in [-0.2, 0) is 11.2 Å². The summed E-state index contributed by atoms with van der Waals surface area (Å²) in [5.74, 6) is -1.16. The Labute approximate surface area is 119 Å². The molecule has 0 aliphatic rings. The summed E-state index contributed by atoms with van der Waals surface area (Å²) in [6.07, 6.45) is 1.70. The Kier molecular flexibility index (Phi) is 6.56. The molecule has 0 bridgehead atoms. The number of aryl methyl sites for hydroxylation is 1. The van der Waals surface area contributed by atoms with Crippen molar-refractivity contribution in [2.45, 2.75) is 32.7 Å². The SMILES string of the molecule is CC(C)[C@H](NC(=O)NCCCc1ccccc1)C(=O)O. The predicted octanol–water partition coefficient (Wildman–Crippen LogP) is 2.03. The Hall–Kier alpha value is -2.04. The molecule has 0 heterocycles. The van der Waals surface area contributed by atoms with Crippen LogP contribution < -0.4 is 10.6 Å². The van der Waals surface area contributed by atoms with Gasteiger partial charge in [0.1, 0.15) is 6.04 Å². The molecule has 0 saturated carbocycles. The van der Waals surface area contributed by atoms with Crippen LogP contribution in [0.4, 0.5) is 4.79 Å². The summed E-state index contributed by atoms with van der Waals surface area (Å²) >= 11 is 0. The summed E-state index contributed by atoms with van der Waals surface area (Å²) in [5, 5.41) is 14.1. The highest BCUT2D eigenvalue weighted by Crippen LogP contribution is 2.02. The summed E-state index contributed by atoms with van der Waals surface area (Å²) in [4.78, 5) is 22.5. The van der Waals surface area contributed by atoms with E-state index in [4.69, 9.17) is 5.11 Å². The minimum atomic E-state index is -1.01. The topological polar surface area (TPSA) is 78.4 Å². The number of amides is 2. The molecule has 1 aromatic rings. The minimum Gasteiger partial charge on any atom is -0.480 e. The molecule has 5 nitrogen and oxygen atoms in total. The molecule has 1 aromatic carbocycles. The van der Waals surface area contributed by atoms with Gasteiger partial charge in [0.05, 0.1) is 0 Å². The summed E-state index contributed by atoms with van der Waals surface area (Å²) in [5.41, 5.74) is 1.22. The van der Waals surface area contributed by atoms with Gasteiger partial charge < -0.3 is 15.7 Å². The number of carbonyl (C=O) groups is 2. The second-order valence-electron chi connectivity index (χ2n) is 5.05. The van der Waals surface area contributed by atoms with Crippen LogP contribution >= 0.6 is 0 Å². The van der Waals surface area contributed by atoms with Gasteiger partial charge in [0, 0.05) is 6.54 Å². The maximum atomic E-state index is 11.6. The maximum absolute atomic E-state index is 11.6. The summed E-state index contributed by atoms with van der Waals surface area (Å²) in [6, 6.07) is 8.72. The normalized spacial score (nSPS) is 11.9. The second-order valence-corrected chi connectivity index (χ2v) is 5.05. The number of hydrogen-bond acceptors (Lipinski definition) is 2. The van der Waals surface area contributed by atoms with Crippen LogP contribution in [-0.4, -0.2) is 29.7 Å². The number of carboxylic acids is 1. The lowest BCUT2D eigenvalue weighted by Gasteiger charge is -2.18. The average molecular weight is 278 g/mol. The molecule has 3 N–H and O–H groups in total. The van der Waals surface area contributed by atoms with Gasteiger partial charge in [-0.25, -0.2) is 9.59 Å². The van der Waals surface area contributed by atoms with Gasteiger partial charge in [0.15, 0.2) is 0 Å². The quantitative estimate of drug-likeness (QED) is 0.668. The van der Waals surface area contributed by atoms with Gasteiger partial charge in [0.2, 0.25) is 0 Å². The minimum absolute atomic E-state index is 0.150. The highest BCUT2D eigenvalue weighted by atomic mass is 16.4. The smallest absolute Gasteiger partial charge is 0.326 e. The van der Waals surface area contributed by atoms with E-state index < -0.39 is 18.0 Å². The highest BCUT2D eigenvalue weighted by Gasteiger charge is 2.22. The van der Waals surface area contributed by atoms with E-state index in [9.17, 15) is 9.59 Å². The van der Waals surface area contributed by atoms with Crippen LogP contribution in [0.1, 0.15) is 25.8 Å². The number of carboxylic acid groups (broad SMARTS) is 1. The zero-order chi connectivity index (χ0) is 15.0. The number of aliphatic carboxylic acids is 1. The third kappa shape index (κ3) is 5.73. The number of carbonyl (C=O) groups excluding carboxylic acids is 1. The van der Waals surface area contributed by atoms with E-state index in [1.165, 1.54) is 5.56 Å². The zero-order valence-electron chi connectivity index (χ0n) is 11.9. The largest absolute Gasteiger partial charge is 0.480 e. The molecule has 0 aliphatic heterocycles. The van der Waals surface area contributed by atoms with Gasteiger partial charge in [-0.15, -0.1) is 0 Å². The molecular formula is C15H22N2O3. The fraction of sp³-hybridized carbons (Fsp3) is 0.467. The summed E-state index contributed by atoms with van der Waals surface area (Å²) in [7, 11) is 0. The molecule has 1 rings (SSSR count). The third-order valence-corrected chi connectivity index (χ3v) is 2.99. The molecule has 0 aromatic heterocycles. The Morgan fingerprint density at radius 1 is 1.20 bits per heavy atom. The van der Waals surface area contributed by atoms with Crippen LogP contribution in [0.5, 0.6) is 0 Å². The van der Waals surface area contributed by atoms with E-state index in [0.29, 0.717) is 6.54 Å². The summed E-state index contributed by atoms with van der Waals surface area (Å²) < 4.78 is 0. The fourth-order valence-electron chi connectivity index (χ4n) is 1.84. The van der Waals surface area contributed by atoms with Gasteiger partial charge in [-0.1, -0.05) is 44.2 Å². The van der Waals surface area contributed by atoms with E-state index >= 15 is 0 Å². The molecule has 110 valence electrons. The van der Waals surface area contributed by atoms with Crippen LogP contribution in [0, 0.1) is 5.92 Å². The first kappa shape index (κ1) is 16.0. The van der Waals surface area contributed by atoms with Crippen molar-refractivity contribution in [3.63, 3.8) is 0 Å². The molecule has 20 heavy (non-hydrogen) atoms. The lowest BCUT2D eigenvalue weighted by molar-refractivity contribution is -0.140. The lowest BCUT2D eigenvalue weighted by atomic mass is 10.1. The first-order chi connectivity index (χ1) is 9.50. The van der Waals surface area contributed by atoms with E-state index in [0.717, 1.165) is 12.8 Å². The van der Waals surface area contributed by atoms with Gasteiger partial charge >= 0.3 is 12.0 Å². The standard InChI is InChI=1S/C15H22N2O3/c1-11(2)13(14(18)19)17-15(20)16-10-6-9-12-7-4-3-5-8-12/h3-5,7-8,11,13H,6,9-10H2,1-2H3,(H,18,19)(H2,16,17,20)/t13-/m0/s1. The molecule has 0 saturated heterocycles. The monoisotopic (exact) mass is 278 g/mol. The van der Waals surface area contributed by atoms with Gasteiger partial charge in [-0.2, -0.15) is 0 Å². The van der Waals surface area contributed by atoms with Crippen molar-refractivity contribution in [1.29, 1.82) is 0 Å². The molecule has 0 aliphatic carbocycles. The van der Waals surface area contributed by atoms with Crippen molar-refractivity contribution in [1.82, 2.24) is 10.6 Å². The molecule has 2 amide bonds. The second kappa shape index (κ2) is 8.19. The van der Waals surface area contributed by atoms with E-state index in [2.05, 4.69) is 10.6 Å². The van der Waals surface area contributed by atoms with Gasteiger partial charge in [-0.3, -0.25) is 0 Å². The average Bonchev–Trinajstić information content (AvgIpc) is 2.41. The first-order valence-corrected chi connectivity index (χ1v) is 6.82. The van der Waals surface area contributed by atoms with Crippen molar-refractivity contribution in [2.24, 2.45) is 5.92 Å². The Morgan fingerprint density at radius 2 is 1.85 bits per heavy atom. The maximum Gasteiger partial charge on any atom is 0.326 e. The van der Waals surface area contributed by atoms with Gasteiger partial charge in [-0.05, 0) is 24.3 Å². The van der Waals surface area contributed by atoms with Crippen LogP contribution in [0.2, 0.25) is 0 Å². The van der Waals surface area contributed by atoms with E-state index in [1.807, 2.05) is 30.3 Å². The first-order valence-electron chi connectivity index (χ1n) is 6.82. The number of nitrogens with one attached hydrogen (secondary N) is 2. The van der Waals surface area contributed by atoms with Crippen molar-refractivity contribution >= 4 is 12.0 Å². The molecule has 0 unspecified atom stereocenters. The summed E-state index contributed by atoms with van der Waals surface area (Å²) in [6.45, 7) is 4.04. The van der Waals surface area contributed by atoms with Crippen molar-refractivity contribution in [2.75, 3.05) is 6.54 Å². The van der Waals surface area contributed by atoms with Crippen molar-refractivity contribution in [3.8, 4) is 0 Å². The third-order valence-electron chi connectivity index (χ3n) is 2.99. The molecule has 0 spiro atoms. The van der Waals surface area contributed by atoms with Crippen molar-refractivity contribution in [3.05, 3.63) is 35.9 Å². The fourth-order valence-corrected chi connectivity index (χ4v) is 1.84. The Balaban J connectivity index is 2.24. The van der Waals surface area contributed by atoms with Gasteiger partial charge in [0.25, 0.3) is 0 Å². The highest BCUT2D eigenvalue weighted by molar-refractivity contribution is 5.82.